The summed E-state index contributed by atoms with van der Waals surface area (Å²) >= 11 is 0. The maximum atomic E-state index is 13.7. The van der Waals surface area contributed by atoms with E-state index < -0.39 is 17.5 Å². The van der Waals surface area contributed by atoms with Gasteiger partial charge in [0.05, 0.1) is 6.61 Å². The smallest absolute Gasteiger partial charge is 0.380 e. The topological polar surface area (TPSA) is 59.4 Å². The van der Waals surface area contributed by atoms with Gasteiger partial charge >= 0.3 is 11.9 Å². The summed E-state index contributed by atoms with van der Waals surface area (Å²) in [5.74, 6) is -5.77. The zero-order valence-corrected chi connectivity index (χ0v) is 9.48. The van der Waals surface area contributed by atoms with Crippen molar-refractivity contribution in [3.8, 4) is 0 Å². The molecule has 6 heteroatoms. The third kappa shape index (κ3) is 2.41. The molecule has 0 fully saturated rings. The molecule has 0 amide bonds. The lowest BCUT2D eigenvalue weighted by Gasteiger charge is -2.30. The van der Waals surface area contributed by atoms with Gasteiger partial charge in [0.2, 0.25) is 0 Å². The van der Waals surface area contributed by atoms with E-state index in [0.717, 1.165) is 6.92 Å². The van der Waals surface area contributed by atoms with E-state index in [-0.39, 0.29) is 12.2 Å². The van der Waals surface area contributed by atoms with Crippen LogP contribution in [0.4, 0.5) is 8.78 Å². The van der Waals surface area contributed by atoms with Crippen LogP contribution in [0.25, 0.3) is 0 Å². The van der Waals surface area contributed by atoms with E-state index in [1.165, 1.54) is 31.5 Å². The lowest BCUT2D eigenvalue weighted by Crippen LogP contribution is -2.49. The molecule has 1 rings (SSSR count). The number of esters is 1. The van der Waals surface area contributed by atoms with Crippen molar-refractivity contribution >= 4 is 5.97 Å². The first-order valence-corrected chi connectivity index (χ1v) is 5.02. The molecule has 0 spiro atoms. The van der Waals surface area contributed by atoms with Gasteiger partial charge in [-0.25, -0.2) is 4.79 Å². The van der Waals surface area contributed by atoms with E-state index in [9.17, 15) is 18.7 Å². The normalized spacial score (nSPS) is 15.1. The Morgan fingerprint density at radius 2 is 2.00 bits per heavy atom. The van der Waals surface area contributed by atoms with Crippen LogP contribution in [0.2, 0.25) is 0 Å². The van der Waals surface area contributed by atoms with Crippen LogP contribution in [0.3, 0.4) is 0 Å². The van der Waals surface area contributed by atoms with Gasteiger partial charge < -0.3 is 9.84 Å². The van der Waals surface area contributed by atoms with Gasteiger partial charge in [-0.3, -0.25) is 4.98 Å². The first kappa shape index (κ1) is 13.5. The molecule has 0 saturated heterocycles. The number of alkyl halides is 2. The van der Waals surface area contributed by atoms with Gasteiger partial charge in [0, 0.05) is 12.4 Å². The Morgan fingerprint density at radius 1 is 1.47 bits per heavy atom. The Hall–Kier alpha value is -1.56. The van der Waals surface area contributed by atoms with Crippen LogP contribution in [0.15, 0.2) is 24.5 Å². The van der Waals surface area contributed by atoms with Crippen molar-refractivity contribution in [2.45, 2.75) is 25.4 Å². The fraction of sp³-hybridized carbons (Fsp3) is 0.455. The molecule has 17 heavy (non-hydrogen) atoms. The summed E-state index contributed by atoms with van der Waals surface area (Å²) in [6.45, 7) is 2.09. The Morgan fingerprint density at radius 3 is 2.47 bits per heavy atom. The van der Waals surface area contributed by atoms with E-state index >= 15 is 0 Å². The zero-order chi connectivity index (χ0) is 13.1. The van der Waals surface area contributed by atoms with E-state index in [1.54, 1.807) is 0 Å². The van der Waals surface area contributed by atoms with Gasteiger partial charge in [0.15, 0.2) is 5.60 Å². The maximum Gasteiger partial charge on any atom is 0.380 e. The number of pyridine rings is 1. The SMILES string of the molecule is CCOC(=O)C(F)(F)C(C)(O)c1ccncc1. The molecular weight excluding hydrogens is 232 g/mol. The molecule has 0 aliphatic heterocycles. The number of carbonyl (C=O) groups excluding carboxylic acids is 1. The monoisotopic (exact) mass is 245 g/mol. The number of hydrogen-bond donors (Lipinski definition) is 1. The van der Waals surface area contributed by atoms with Crippen molar-refractivity contribution in [1.82, 2.24) is 4.98 Å². The van der Waals surface area contributed by atoms with Crippen molar-refractivity contribution in [2.75, 3.05) is 6.61 Å². The van der Waals surface area contributed by atoms with Crippen LogP contribution < -0.4 is 0 Å². The predicted octanol–water partition coefficient (Wildman–Crippen LogP) is 1.49. The van der Waals surface area contributed by atoms with Crippen molar-refractivity contribution in [3.63, 3.8) is 0 Å². The second-order valence-corrected chi connectivity index (χ2v) is 3.60. The van der Waals surface area contributed by atoms with Crippen molar-refractivity contribution < 1.29 is 23.4 Å². The summed E-state index contributed by atoms with van der Waals surface area (Å²) < 4.78 is 31.7. The number of aromatic nitrogens is 1. The number of carbonyl (C=O) groups is 1. The number of rotatable bonds is 4. The summed E-state index contributed by atoms with van der Waals surface area (Å²) in [7, 11) is 0. The average Bonchev–Trinajstić information content (AvgIpc) is 2.30. The molecular formula is C11H13F2NO3. The van der Waals surface area contributed by atoms with E-state index in [4.69, 9.17) is 0 Å². The van der Waals surface area contributed by atoms with Crippen LogP contribution >= 0.6 is 0 Å². The minimum Gasteiger partial charge on any atom is -0.461 e. The zero-order valence-electron chi connectivity index (χ0n) is 9.48. The Bertz CT molecular complexity index is 393. The lowest BCUT2D eigenvalue weighted by atomic mass is 9.90. The summed E-state index contributed by atoms with van der Waals surface area (Å²) in [4.78, 5) is 14.8. The number of halogens is 2. The summed E-state index contributed by atoms with van der Waals surface area (Å²) in [5, 5.41) is 9.83. The summed E-state index contributed by atoms with van der Waals surface area (Å²) in [6, 6.07) is 2.43. The molecule has 4 nitrogen and oxygen atoms in total. The Kier molecular flexibility index (Phi) is 3.77. The van der Waals surface area contributed by atoms with Crippen molar-refractivity contribution in [3.05, 3.63) is 30.1 Å². The fourth-order valence-electron chi connectivity index (χ4n) is 1.28. The van der Waals surface area contributed by atoms with Crippen LogP contribution in [-0.4, -0.2) is 28.6 Å². The highest BCUT2D eigenvalue weighted by atomic mass is 19.3. The third-order valence-electron chi connectivity index (χ3n) is 2.39. The first-order valence-electron chi connectivity index (χ1n) is 5.02. The first-order chi connectivity index (χ1) is 7.84. The van der Waals surface area contributed by atoms with Gasteiger partial charge in [-0.1, -0.05) is 0 Å². The lowest BCUT2D eigenvalue weighted by molar-refractivity contribution is -0.212. The van der Waals surface area contributed by atoms with Gasteiger partial charge in [-0.2, -0.15) is 8.78 Å². The predicted molar refractivity (Wildman–Crippen MR) is 55.4 cm³/mol. The molecule has 0 aliphatic carbocycles. The maximum absolute atomic E-state index is 13.7. The second kappa shape index (κ2) is 4.75. The molecule has 1 aromatic rings. The number of ether oxygens (including phenoxy) is 1. The van der Waals surface area contributed by atoms with E-state index in [2.05, 4.69) is 9.72 Å². The minimum atomic E-state index is -4.02. The molecule has 0 aromatic carbocycles. The minimum absolute atomic E-state index is 0.106. The van der Waals surface area contributed by atoms with Crippen LogP contribution in [0.1, 0.15) is 19.4 Å². The van der Waals surface area contributed by atoms with Gasteiger partial charge in [-0.15, -0.1) is 0 Å². The molecule has 1 N–H and O–H groups in total. The van der Waals surface area contributed by atoms with E-state index in [0.29, 0.717) is 0 Å². The van der Waals surface area contributed by atoms with Crippen molar-refractivity contribution in [2.24, 2.45) is 0 Å². The Labute approximate surface area is 97.2 Å². The molecule has 1 unspecified atom stereocenters. The molecule has 0 aliphatic rings. The summed E-state index contributed by atoms with van der Waals surface area (Å²) in [6.07, 6.45) is 2.51. The fourth-order valence-corrected chi connectivity index (χ4v) is 1.28. The molecule has 0 saturated carbocycles. The van der Waals surface area contributed by atoms with E-state index in [1.807, 2.05) is 0 Å². The summed E-state index contributed by atoms with van der Waals surface area (Å²) in [5.41, 5.74) is -2.74. The molecule has 1 atom stereocenters. The molecule has 1 aromatic heterocycles. The number of nitrogens with zero attached hydrogens (tertiary/aromatic N) is 1. The molecule has 0 bridgehead atoms. The number of hydrogen-bond acceptors (Lipinski definition) is 4. The molecule has 94 valence electrons. The van der Waals surface area contributed by atoms with Gasteiger partial charge in [0.25, 0.3) is 0 Å². The van der Waals surface area contributed by atoms with Gasteiger partial charge in [-0.05, 0) is 31.5 Å². The highest BCUT2D eigenvalue weighted by molar-refractivity contribution is 5.79. The third-order valence-corrected chi connectivity index (χ3v) is 2.39. The highest BCUT2D eigenvalue weighted by Gasteiger charge is 2.57. The Balaban J connectivity index is 3.08. The molecule has 0 radical (unpaired) electrons. The highest BCUT2D eigenvalue weighted by Crippen LogP contribution is 2.38. The standard InChI is InChI=1S/C11H13F2NO3/c1-3-17-9(15)11(12,13)10(2,16)8-4-6-14-7-5-8/h4-7,16H,3H2,1-2H3. The largest absolute Gasteiger partial charge is 0.461 e. The van der Waals surface area contributed by atoms with Gasteiger partial charge in [0.1, 0.15) is 0 Å². The average molecular weight is 245 g/mol. The second-order valence-electron chi connectivity index (χ2n) is 3.60. The number of aliphatic hydroxyl groups is 1. The van der Waals surface area contributed by atoms with Crippen LogP contribution in [-0.2, 0) is 15.1 Å². The quantitative estimate of drug-likeness (QED) is 0.816. The van der Waals surface area contributed by atoms with Crippen LogP contribution in [0, 0.1) is 0 Å². The van der Waals surface area contributed by atoms with Crippen molar-refractivity contribution in [1.29, 1.82) is 0 Å². The molecule has 1 heterocycles. The van der Waals surface area contributed by atoms with Crippen LogP contribution in [0.5, 0.6) is 0 Å².